The molecule has 0 amide bonds. The Balaban J connectivity index is 1.35. The molecule has 2 heterocycles. The third kappa shape index (κ3) is 3.25. The summed E-state index contributed by atoms with van der Waals surface area (Å²) in [6.45, 7) is 8.34. The number of benzene rings is 2. The van der Waals surface area contributed by atoms with E-state index in [0.717, 1.165) is 19.3 Å². The molecule has 2 aliphatic carbocycles. The number of fused-ring (bicyclic) bond motifs is 1. The lowest BCUT2D eigenvalue weighted by atomic mass is 9.73. The molecule has 33 heavy (non-hydrogen) atoms. The zero-order chi connectivity index (χ0) is 22.5. The van der Waals surface area contributed by atoms with Gasteiger partial charge in [0.1, 0.15) is 0 Å². The molecule has 2 aromatic carbocycles. The monoisotopic (exact) mass is 445 g/mol. The maximum absolute atomic E-state index is 5.11. The second-order valence-corrected chi connectivity index (χ2v) is 10.2. The minimum absolute atomic E-state index is 0.290. The average Bonchev–Trinajstić information content (AvgIpc) is 3.46. The van der Waals surface area contributed by atoms with Crippen LogP contribution in [0.2, 0.25) is 0 Å². The van der Waals surface area contributed by atoms with Crippen LogP contribution in [-0.4, -0.2) is 5.71 Å². The lowest BCUT2D eigenvalue weighted by Crippen LogP contribution is -2.19. The van der Waals surface area contributed by atoms with Crippen molar-refractivity contribution >= 4 is 38.4 Å². The van der Waals surface area contributed by atoms with E-state index < -0.39 is 0 Å². The lowest BCUT2D eigenvalue weighted by molar-refractivity contribution is 0.847. The van der Waals surface area contributed by atoms with Crippen molar-refractivity contribution in [1.82, 2.24) is 0 Å². The first-order valence-corrected chi connectivity index (χ1v) is 12.7. The summed E-state index contributed by atoms with van der Waals surface area (Å²) >= 11 is 1.88. The molecule has 1 aromatic heterocycles. The predicted octanol–water partition coefficient (Wildman–Crippen LogP) is 8.82. The van der Waals surface area contributed by atoms with E-state index in [2.05, 4.69) is 92.9 Å². The second kappa shape index (κ2) is 7.99. The molecule has 0 radical (unpaired) electrons. The first kappa shape index (κ1) is 20.4. The van der Waals surface area contributed by atoms with E-state index in [-0.39, 0.29) is 0 Å². The molecule has 0 saturated carbocycles. The van der Waals surface area contributed by atoms with Gasteiger partial charge >= 0.3 is 0 Å². The molecule has 1 unspecified atom stereocenters. The van der Waals surface area contributed by atoms with Crippen LogP contribution >= 0.6 is 11.3 Å². The van der Waals surface area contributed by atoms with Crippen molar-refractivity contribution in [3.05, 3.63) is 112 Å². The van der Waals surface area contributed by atoms with Gasteiger partial charge in [-0.05, 0) is 71.2 Å². The number of thiophene rings is 1. The Morgan fingerprint density at radius 1 is 1.21 bits per heavy atom. The largest absolute Gasteiger partial charge is 0.257 e. The zero-order valence-electron chi connectivity index (χ0n) is 19.2. The van der Waals surface area contributed by atoms with Gasteiger partial charge in [0.15, 0.2) is 0 Å². The molecule has 3 aromatic rings. The van der Waals surface area contributed by atoms with Gasteiger partial charge in [-0.2, -0.15) is 0 Å². The summed E-state index contributed by atoms with van der Waals surface area (Å²) in [6, 6.07) is 15.7. The molecule has 3 aliphatic rings. The fraction of sp³-hybridized carbons (Fsp3) is 0.226. The van der Waals surface area contributed by atoms with Gasteiger partial charge < -0.3 is 0 Å². The molecule has 2 atom stereocenters. The molecule has 0 N–H and O–H groups in total. The van der Waals surface area contributed by atoms with Gasteiger partial charge in [0, 0.05) is 33.2 Å². The van der Waals surface area contributed by atoms with Crippen LogP contribution in [0, 0.1) is 0 Å². The number of hydrogen-bond acceptors (Lipinski definition) is 2. The third-order valence-corrected chi connectivity index (χ3v) is 8.47. The minimum Gasteiger partial charge on any atom is -0.257 e. The summed E-state index contributed by atoms with van der Waals surface area (Å²) in [5.74, 6) is 0.682. The van der Waals surface area contributed by atoms with Crippen molar-refractivity contribution in [3.63, 3.8) is 0 Å². The van der Waals surface area contributed by atoms with E-state index in [1.165, 1.54) is 59.8 Å². The Kier molecular flexibility index (Phi) is 4.94. The molecular weight excluding hydrogens is 418 g/mol. The molecular formula is C31H27NS. The highest BCUT2D eigenvalue weighted by Gasteiger charge is 2.37. The van der Waals surface area contributed by atoms with Crippen molar-refractivity contribution in [2.24, 2.45) is 4.99 Å². The van der Waals surface area contributed by atoms with Crippen LogP contribution in [-0.2, 0) is 6.42 Å². The lowest BCUT2D eigenvalue weighted by Gasteiger charge is -2.28. The molecule has 2 heteroatoms. The highest BCUT2D eigenvalue weighted by Crippen LogP contribution is 2.50. The minimum atomic E-state index is 0.290. The van der Waals surface area contributed by atoms with Crippen molar-refractivity contribution in [2.75, 3.05) is 0 Å². The molecule has 0 saturated heterocycles. The predicted molar refractivity (Wildman–Crippen MR) is 143 cm³/mol. The Bertz CT molecular complexity index is 1430. The normalized spacial score (nSPS) is 22.4. The van der Waals surface area contributed by atoms with E-state index in [4.69, 9.17) is 4.99 Å². The van der Waals surface area contributed by atoms with Crippen molar-refractivity contribution in [1.29, 1.82) is 0 Å². The number of hydrogen-bond donors (Lipinski definition) is 0. The van der Waals surface area contributed by atoms with Gasteiger partial charge in [0.25, 0.3) is 0 Å². The van der Waals surface area contributed by atoms with Crippen LogP contribution in [0.4, 0.5) is 5.69 Å². The van der Waals surface area contributed by atoms with Crippen LogP contribution in [0.15, 0.2) is 95.2 Å². The molecule has 1 aliphatic heterocycles. The highest BCUT2D eigenvalue weighted by atomic mass is 32.1. The fourth-order valence-corrected chi connectivity index (χ4v) is 6.74. The first-order chi connectivity index (χ1) is 16.2. The molecule has 6 rings (SSSR count). The van der Waals surface area contributed by atoms with E-state index >= 15 is 0 Å². The highest BCUT2D eigenvalue weighted by molar-refractivity contribution is 7.20. The van der Waals surface area contributed by atoms with Crippen LogP contribution < -0.4 is 0 Å². The van der Waals surface area contributed by atoms with Gasteiger partial charge in [-0.25, -0.2) is 0 Å². The van der Waals surface area contributed by atoms with Gasteiger partial charge in [-0.15, -0.1) is 17.1 Å². The first-order valence-electron chi connectivity index (χ1n) is 11.9. The van der Waals surface area contributed by atoms with Crippen LogP contribution in [0.25, 0.3) is 15.7 Å². The van der Waals surface area contributed by atoms with Crippen LogP contribution in [0.1, 0.15) is 60.1 Å². The molecule has 0 spiro atoms. The summed E-state index contributed by atoms with van der Waals surface area (Å²) in [4.78, 5) is 6.47. The summed E-state index contributed by atoms with van der Waals surface area (Å²) < 4.78 is 1.35. The molecule has 0 fully saturated rings. The van der Waals surface area contributed by atoms with Crippen molar-refractivity contribution in [2.45, 2.75) is 44.9 Å². The van der Waals surface area contributed by atoms with E-state index in [0.29, 0.717) is 11.8 Å². The smallest absolute Gasteiger partial charge is 0.0677 e. The topological polar surface area (TPSA) is 12.4 Å². The average molecular weight is 446 g/mol. The molecule has 0 bridgehead atoms. The number of rotatable bonds is 3. The Hall–Kier alpha value is -3.19. The Morgan fingerprint density at radius 2 is 2.09 bits per heavy atom. The summed E-state index contributed by atoms with van der Waals surface area (Å²) in [6.07, 6.45) is 12.2. The van der Waals surface area contributed by atoms with E-state index in [1.54, 1.807) is 0 Å². The quantitative estimate of drug-likeness (QED) is 0.357. The Morgan fingerprint density at radius 3 is 2.82 bits per heavy atom. The summed E-state index contributed by atoms with van der Waals surface area (Å²) in [7, 11) is 0. The maximum Gasteiger partial charge on any atom is 0.0677 e. The van der Waals surface area contributed by atoms with Gasteiger partial charge in [-0.1, -0.05) is 62.1 Å². The second-order valence-electron chi connectivity index (χ2n) is 9.09. The standard InChI is InChI=1S/C31H27NS/c1-4-19-15-24-16-23(17-27-30(24)31(25(19)5-2)26(6-3)32-27)20-11-13-21(14-12-20)29-18-22-9-7-8-10-28(22)33-29/h5,7-11,13-14,16-18,20,31H,1,6,12,15H2,2-3H3/b25-5+/t20?,31-/m0/s1. The van der Waals surface area contributed by atoms with Gasteiger partial charge in [0.2, 0.25) is 0 Å². The number of nitrogens with zero attached hydrogens (tertiary/aromatic N) is 1. The maximum atomic E-state index is 5.11. The zero-order valence-corrected chi connectivity index (χ0v) is 20.0. The van der Waals surface area contributed by atoms with Crippen molar-refractivity contribution in [3.8, 4) is 0 Å². The third-order valence-electron chi connectivity index (χ3n) is 7.30. The van der Waals surface area contributed by atoms with Crippen molar-refractivity contribution < 1.29 is 0 Å². The van der Waals surface area contributed by atoms with Crippen LogP contribution in [0.3, 0.4) is 0 Å². The van der Waals surface area contributed by atoms with Gasteiger partial charge in [0.05, 0.1) is 11.6 Å². The van der Waals surface area contributed by atoms with Crippen LogP contribution in [0.5, 0.6) is 0 Å². The number of aliphatic imine (C=N–C) groups is 1. The van der Waals surface area contributed by atoms with E-state index in [9.17, 15) is 0 Å². The summed E-state index contributed by atoms with van der Waals surface area (Å²) in [5, 5.41) is 1.33. The Labute approximate surface area is 199 Å². The molecule has 1 nitrogen and oxygen atoms in total. The SMILES string of the molecule is C=C=C1Cc2cc(C3C=CC(c4cc5ccccc5s4)=CC3)cc3c2[C@H](C(CC)=N3)/C1=C/C. The van der Waals surface area contributed by atoms with Gasteiger partial charge in [-0.3, -0.25) is 4.99 Å². The number of allylic oxidation sites excluding steroid dienone is 7. The molecule has 162 valence electrons. The van der Waals surface area contributed by atoms with E-state index in [1.807, 2.05) is 11.3 Å². The summed E-state index contributed by atoms with van der Waals surface area (Å²) in [5.41, 5.74) is 13.8. The fourth-order valence-electron chi connectivity index (χ4n) is 5.66.